The largest absolute Gasteiger partial charge is 0.491 e. The molecule has 5 aromatic rings. The topological polar surface area (TPSA) is 98.6 Å². The molecule has 3 atom stereocenters. The van der Waals surface area contributed by atoms with Crippen molar-refractivity contribution in [1.82, 2.24) is 24.3 Å². The van der Waals surface area contributed by atoms with Crippen LogP contribution in [-0.2, 0) is 0 Å². The molecule has 4 heterocycles. The molecule has 37 heavy (non-hydrogen) atoms. The number of nitrogens with two attached hydrogens (primary N) is 1. The maximum Gasteiger partial charge on any atom is 0.257 e. The summed E-state index contributed by atoms with van der Waals surface area (Å²) < 4.78 is 22.8. The Kier molecular flexibility index (Phi) is 4.69. The molecule has 7 rings (SSSR count). The molecule has 1 unspecified atom stereocenters. The van der Waals surface area contributed by atoms with Gasteiger partial charge >= 0.3 is 0 Å². The van der Waals surface area contributed by atoms with Gasteiger partial charge in [0.05, 0.1) is 35.2 Å². The fourth-order valence-corrected chi connectivity index (χ4v) is 5.44. The molecule has 3 aromatic heterocycles. The molecule has 0 radical (unpaired) electrons. The number of nitrogens with zero attached hydrogens (tertiary/aromatic N) is 5. The quantitative estimate of drug-likeness (QED) is 0.396. The zero-order valence-corrected chi connectivity index (χ0v) is 20.0. The van der Waals surface area contributed by atoms with Gasteiger partial charge < -0.3 is 15.4 Å². The van der Waals surface area contributed by atoms with Crippen LogP contribution in [0.1, 0.15) is 51.5 Å². The van der Waals surface area contributed by atoms with Gasteiger partial charge in [-0.3, -0.25) is 14.2 Å². The minimum Gasteiger partial charge on any atom is -0.491 e. The molecule has 0 saturated heterocycles. The highest BCUT2D eigenvalue weighted by atomic mass is 19.1. The van der Waals surface area contributed by atoms with E-state index in [-0.39, 0.29) is 17.4 Å². The first-order chi connectivity index (χ1) is 18.0. The second kappa shape index (κ2) is 7.99. The normalized spacial score (nSPS) is 20.1. The van der Waals surface area contributed by atoms with E-state index in [1.54, 1.807) is 28.9 Å². The molecule has 2 aliphatic rings. The van der Waals surface area contributed by atoms with Gasteiger partial charge in [-0.15, -0.1) is 0 Å². The van der Waals surface area contributed by atoms with Crippen LogP contribution in [0.3, 0.4) is 0 Å². The van der Waals surface area contributed by atoms with Crippen molar-refractivity contribution in [2.45, 2.75) is 24.3 Å². The van der Waals surface area contributed by atoms with Crippen molar-refractivity contribution in [1.29, 1.82) is 0 Å². The van der Waals surface area contributed by atoms with Crippen LogP contribution in [0, 0.1) is 5.82 Å². The number of amides is 1. The third-order valence-corrected chi connectivity index (χ3v) is 7.56. The Hall–Kier alpha value is -4.53. The van der Waals surface area contributed by atoms with Crippen molar-refractivity contribution in [3.05, 3.63) is 95.5 Å². The fourth-order valence-electron chi connectivity index (χ4n) is 5.44. The van der Waals surface area contributed by atoms with Crippen molar-refractivity contribution in [3.63, 3.8) is 0 Å². The molecule has 9 heteroatoms. The number of likely N-dealkylation sites (N-methyl/N-ethyl adjacent to an activating group) is 1. The number of halogens is 1. The molecule has 1 fully saturated rings. The number of anilines is 1. The molecule has 184 valence electrons. The maximum absolute atomic E-state index is 15.1. The average Bonchev–Trinajstić information content (AvgIpc) is 3.35. The van der Waals surface area contributed by atoms with Crippen LogP contribution >= 0.6 is 0 Å². The lowest BCUT2D eigenvalue weighted by molar-refractivity contribution is 0.0704. The van der Waals surface area contributed by atoms with Gasteiger partial charge in [0.25, 0.3) is 5.91 Å². The molecule has 1 amide bonds. The van der Waals surface area contributed by atoms with Crippen molar-refractivity contribution in [2.24, 2.45) is 0 Å². The summed E-state index contributed by atoms with van der Waals surface area (Å²) in [5.74, 6) is 0.761. The molecule has 0 bridgehead atoms. The monoisotopic (exact) mass is 494 g/mol. The second-order valence-corrected chi connectivity index (χ2v) is 9.71. The van der Waals surface area contributed by atoms with Gasteiger partial charge in [0.15, 0.2) is 0 Å². The summed E-state index contributed by atoms with van der Waals surface area (Å²) >= 11 is 0. The van der Waals surface area contributed by atoms with E-state index in [9.17, 15) is 4.79 Å². The van der Waals surface area contributed by atoms with Crippen molar-refractivity contribution in [2.75, 3.05) is 19.4 Å². The van der Waals surface area contributed by atoms with Gasteiger partial charge in [0.1, 0.15) is 29.5 Å². The first-order valence-corrected chi connectivity index (χ1v) is 12.1. The number of rotatable bonds is 4. The number of carbonyl (C=O) groups excluding carboxylic acids is 1. The van der Waals surface area contributed by atoms with Crippen LogP contribution < -0.4 is 10.5 Å². The molecular weight excluding hydrogens is 471 g/mol. The number of imidazole rings is 1. The van der Waals surface area contributed by atoms with Crippen molar-refractivity contribution in [3.8, 4) is 5.75 Å². The summed E-state index contributed by atoms with van der Waals surface area (Å²) in [6.45, 7) is 0.314. The van der Waals surface area contributed by atoms with Crippen LogP contribution in [0.5, 0.6) is 5.75 Å². The van der Waals surface area contributed by atoms with Gasteiger partial charge in [0.2, 0.25) is 0 Å². The van der Waals surface area contributed by atoms with Gasteiger partial charge in [-0.1, -0.05) is 18.2 Å². The fraction of sp³-hybridized carbons (Fsp3) is 0.214. The molecule has 1 aliphatic heterocycles. The van der Waals surface area contributed by atoms with E-state index in [4.69, 9.17) is 10.5 Å². The first kappa shape index (κ1) is 21.7. The summed E-state index contributed by atoms with van der Waals surface area (Å²) in [6.07, 6.45) is 6.04. The molecule has 2 aromatic carbocycles. The Morgan fingerprint density at radius 1 is 1.16 bits per heavy atom. The summed E-state index contributed by atoms with van der Waals surface area (Å²) in [7, 11) is 1.68. The van der Waals surface area contributed by atoms with E-state index in [0.717, 1.165) is 23.4 Å². The number of ether oxygens (including phenoxy) is 1. The lowest BCUT2D eigenvalue weighted by Gasteiger charge is -2.24. The number of benzene rings is 2. The lowest BCUT2D eigenvalue weighted by Crippen LogP contribution is -2.32. The van der Waals surface area contributed by atoms with Crippen LogP contribution in [0.4, 0.5) is 10.2 Å². The standard InChI is InChI=1S/C28H23FN6O2/c1-34(28(36)19-10-23-22(11-20(19)29)33-27(30)24-12-31-14-35(23)24)25-13-37-26-8-15(5-6-16(25)26)17-9-18(17)21-4-2-3-7-32-21/h2-8,10-12,14,17-18,25H,9,13H2,1H3,(H2,30,33)/t17?,18-,25-/m1/s1. The number of aromatic nitrogens is 4. The Balaban J connectivity index is 1.17. The van der Waals surface area contributed by atoms with E-state index in [1.807, 2.05) is 24.4 Å². The van der Waals surface area contributed by atoms with Crippen LogP contribution in [0.25, 0.3) is 16.6 Å². The summed E-state index contributed by atoms with van der Waals surface area (Å²) in [4.78, 5) is 27.9. The van der Waals surface area contributed by atoms with Gasteiger partial charge in [0, 0.05) is 36.5 Å². The Labute approximate surface area is 211 Å². The highest BCUT2D eigenvalue weighted by Crippen LogP contribution is 2.55. The van der Waals surface area contributed by atoms with E-state index >= 15 is 4.39 Å². The number of hydrogen-bond donors (Lipinski definition) is 1. The van der Waals surface area contributed by atoms with Crippen LogP contribution in [0.2, 0.25) is 0 Å². The lowest BCUT2D eigenvalue weighted by atomic mass is 10.0. The smallest absolute Gasteiger partial charge is 0.257 e. The molecule has 0 spiro atoms. The van der Waals surface area contributed by atoms with E-state index < -0.39 is 11.7 Å². The van der Waals surface area contributed by atoms with E-state index in [0.29, 0.717) is 35.0 Å². The second-order valence-electron chi connectivity index (χ2n) is 9.71. The third-order valence-electron chi connectivity index (χ3n) is 7.56. The average molecular weight is 495 g/mol. The Morgan fingerprint density at radius 2 is 2.05 bits per heavy atom. The Morgan fingerprint density at radius 3 is 2.89 bits per heavy atom. The number of fused-ring (bicyclic) bond motifs is 4. The molecular formula is C28H23FN6O2. The third kappa shape index (κ3) is 3.41. The van der Waals surface area contributed by atoms with E-state index in [2.05, 4.69) is 33.2 Å². The minimum absolute atomic E-state index is 0.0437. The molecule has 8 nitrogen and oxygen atoms in total. The zero-order valence-electron chi connectivity index (χ0n) is 20.0. The first-order valence-electron chi connectivity index (χ1n) is 12.1. The number of nitrogen functional groups attached to an aromatic ring is 1. The summed E-state index contributed by atoms with van der Waals surface area (Å²) in [6, 6.07) is 14.6. The van der Waals surface area contributed by atoms with Crippen LogP contribution in [-0.4, -0.2) is 43.8 Å². The summed E-state index contributed by atoms with van der Waals surface area (Å²) in [5, 5.41) is 0. The number of hydrogen-bond acceptors (Lipinski definition) is 6. The predicted octanol–water partition coefficient (Wildman–Crippen LogP) is 4.48. The molecule has 1 saturated carbocycles. The highest BCUT2D eigenvalue weighted by Gasteiger charge is 2.41. The Bertz CT molecular complexity index is 1700. The van der Waals surface area contributed by atoms with E-state index in [1.165, 1.54) is 17.7 Å². The maximum atomic E-state index is 15.1. The highest BCUT2D eigenvalue weighted by molar-refractivity contribution is 5.98. The SMILES string of the molecule is CN(C(=O)c1cc2c(cc1F)nc(N)c1cncn12)[C@@H]1COc2cc(C3C[C@H]3c3ccccn3)ccc21. The molecule has 2 N–H and O–H groups in total. The molecule has 1 aliphatic carbocycles. The van der Waals surface area contributed by atoms with Crippen molar-refractivity contribution < 1.29 is 13.9 Å². The number of pyridine rings is 1. The minimum atomic E-state index is -0.653. The van der Waals surface area contributed by atoms with Crippen molar-refractivity contribution >= 4 is 28.3 Å². The van der Waals surface area contributed by atoms with Gasteiger partial charge in [-0.2, -0.15) is 0 Å². The number of carbonyl (C=O) groups is 1. The summed E-state index contributed by atoms with van der Waals surface area (Å²) in [5.41, 5.74) is 10.7. The van der Waals surface area contributed by atoms with Gasteiger partial charge in [-0.05, 0) is 42.2 Å². The predicted molar refractivity (Wildman–Crippen MR) is 136 cm³/mol. The van der Waals surface area contributed by atoms with Gasteiger partial charge in [-0.25, -0.2) is 14.4 Å². The van der Waals surface area contributed by atoms with Crippen LogP contribution in [0.15, 0.2) is 67.3 Å². The zero-order chi connectivity index (χ0) is 25.3.